The fourth-order valence-corrected chi connectivity index (χ4v) is 10.4. The first kappa shape index (κ1) is 28.8. The van der Waals surface area contributed by atoms with E-state index in [1.54, 1.807) is 0 Å². The third-order valence-electron chi connectivity index (χ3n) is 12.5. The summed E-state index contributed by atoms with van der Waals surface area (Å²) in [6, 6.07) is 51.9. The van der Waals surface area contributed by atoms with Gasteiger partial charge in [-0.3, -0.25) is 0 Å². The zero-order chi connectivity index (χ0) is 34.0. The molecule has 2 heterocycles. The fraction of sp³-hybridized carbons (Fsp3) is 0.143. The lowest BCUT2D eigenvalue weighted by Gasteiger charge is -2.39. The minimum absolute atomic E-state index is 0.447. The molecule has 3 aliphatic carbocycles. The molecule has 248 valence electrons. The highest BCUT2D eigenvalue weighted by Crippen LogP contribution is 2.68. The molecule has 1 unspecified atom stereocenters. The number of nitrogens with zero attached hydrogens (tertiary/aromatic N) is 1. The summed E-state index contributed by atoms with van der Waals surface area (Å²) in [4.78, 5) is 2.41. The van der Waals surface area contributed by atoms with Crippen LogP contribution in [0.25, 0.3) is 39.1 Å². The van der Waals surface area contributed by atoms with Gasteiger partial charge in [0.05, 0.1) is 18.6 Å². The first-order valence-electron chi connectivity index (χ1n) is 18.6. The Morgan fingerprint density at radius 1 is 0.538 bits per heavy atom. The van der Waals surface area contributed by atoms with Crippen molar-refractivity contribution in [3.63, 3.8) is 0 Å². The number of morpholine rings is 1. The lowest BCUT2D eigenvalue weighted by Crippen LogP contribution is -2.37. The number of fused-ring (bicyclic) bond motifs is 12. The number of rotatable bonds is 3. The van der Waals surface area contributed by atoms with Gasteiger partial charge in [-0.1, -0.05) is 133 Å². The maximum absolute atomic E-state index is 7.71. The summed E-state index contributed by atoms with van der Waals surface area (Å²) >= 11 is 0. The lowest BCUT2D eigenvalue weighted by atomic mass is 9.67. The molecule has 7 aromatic carbocycles. The van der Waals surface area contributed by atoms with Crippen LogP contribution in [0, 0.1) is 0 Å². The van der Waals surface area contributed by atoms with Gasteiger partial charge in [-0.25, -0.2) is 0 Å². The maximum atomic E-state index is 7.71. The van der Waals surface area contributed by atoms with Gasteiger partial charge in [0.15, 0.2) is 5.60 Å². The average molecular weight is 670 g/mol. The minimum atomic E-state index is -0.815. The molecule has 12 rings (SSSR count). The lowest BCUT2D eigenvalue weighted by molar-refractivity contribution is 0.122. The van der Waals surface area contributed by atoms with Crippen LogP contribution in [0.2, 0.25) is 0 Å². The summed E-state index contributed by atoms with van der Waals surface area (Å²) in [5, 5.41) is 2.38. The van der Waals surface area contributed by atoms with Gasteiger partial charge in [-0.2, -0.15) is 0 Å². The van der Waals surface area contributed by atoms with Crippen LogP contribution < -0.4 is 9.64 Å². The molecule has 2 aliphatic heterocycles. The van der Waals surface area contributed by atoms with Crippen molar-refractivity contribution in [3.8, 4) is 28.0 Å². The minimum Gasteiger partial charge on any atom is -0.472 e. The van der Waals surface area contributed by atoms with Crippen molar-refractivity contribution in [2.75, 3.05) is 31.2 Å². The highest BCUT2D eigenvalue weighted by molar-refractivity contribution is 6.11. The van der Waals surface area contributed by atoms with Crippen LogP contribution in [-0.4, -0.2) is 26.3 Å². The largest absolute Gasteiger partial charge is 0.472 e. The van der Waals surface area contributed by atoms with Crippen molar-refractivity contribution in [3.05, 3.63) is 196 Å². The van der Waals surface area contributed by atoms with Gasteiger partial charge < -0.3 is 14.4 Å². The van der Waals surface area contributed by atoms with E-state index < -0.39 is 11.0 Å². The molecule has 1 atom stereocenters. The smallest absolute Gasteiger partial charge is 0.178 e. The van der Waals surface area contributed by atoms with E-state index in [2.05, 4.69) is 157 Å². The zero-order valence-electron chi connectivity index (χ0n) is 28.7. The van der Waals surface area contributed by atoms with Gasteiger partial charge in [-0.15, -0.1) is 0 Å². The number of benzene rings is 7. The molecule has 0 amide bonds. The molecule has 52 heavy (non-hydrogen) atoms. The van der Waals surface area contributed by atoms with Crippen LogP contribution in [0.5, 0.6) is 5.75 Å². The van der Waals surface area contributed by atoms with E-state index >= 15 is 0 Å². The molecule has 1 fully saturated rings. The van der Waals surface area contributed by atoms with Gasteiger partial charge in [0.2, 0.25) is 0 Å². The van der Waals surface area contributed by atoms with Crippen LogP contribution in [-0.2, 0) is 22.2 Å². The Morgan fingerprint density at radius 3 is 1.92 bits per heavy atom. The summed E-state index contributed by atoms with van der Waals surface area (Å²) in [6.07, 6.45) is 5.73. The van der Waals surface area contributed by atoms with Gasteiger partial charge in [0.25, 0.3) is 0 Å². The summed E-state index contributed by atoms with van der Waals surface area (Å²) in [7, 11) is 0. The molecule has 0 aromatic heterocycles. The number of hydrogen-bond acceptors (Lipinski definition) is 3. The second kappa shape index (κ2) is 10.3. The van der Waals surface area contributed by atoms with Crippen LogP contribution >= 0.6 is 0 Å². The highest BCUT2D eigenvalue weighted by Gasteiger charge is 2.56. The Balaban J connectivity index is 1.16. The normalized spacial score (nSPS) is 19.3. The third-order valence-corrected chi connectivity index (χ3v) is 12.5. The SMILES string of the molecule is C1=CC(c2ccccc2)(c2ccc(N3CCOCC3)cc2)Oc2c1c1c(c3ccccc23)-c2ccccc2C12c1cccc3c1-c1c(cccc12)C3. The van der Waals surface area contributed by atoms with Gasteiger partial charge >= 0.3 is 0 Å². The van der Waals surface area contributed by atoms with E-state index in [-0.39, 0.29) is 0 Å². The summed E-state index contributed by atoms with van der Waals surface area (Å²) in [6.45, 7) is 3.34. The van der Waals surface area contributed by atoms with E-state index in [9.17, 15) is 0 Å². The van der Waals surface area contributed by atoms with Gasteiger partial charge in [0.1, 0.15) is 5.75 Å². The molecule has 3 nitrogen and oxygen atoms in total. The molecule has 0 saturated carbocycles. The Kier molecular flexibility index (Phi) is 5.72. The van der Waals surface area contributed by atoms with Crippen molar-refractivity contribution < 1.29 is 9.47 Å². The van der Waals surface area contributed by atoms with E-state index in [1.165, 1.54) is 72.3 Å². The Bertz CT molecular complexity index is 2620. The van der Waals surface area contributed by atoms with Crippen molar-refractivity contribution in [1.29, 1.82) is 0 Å². The van der Waals surface area contributed by atoms with Crippen molar-refractivity contribution in [2.45, 2.75) is 17.4 Å². The summed E-state index contributed by atoms with van der Waals surface area (Å²) in [5.74, 6) is 0.949. The predicted octanol–water partition coefficient (Wildman–Crippen LogP) is 10.3. The monoisotopic (exact) mass is 669 g/mol. The van der Waals surface area contributed by atoms with Crippen LogP contribution in [0.3, 0.4) is 0 Å². The summed E-state index contributed by atoms with van der Waals surface area (Å²) < 4.78 is 13.4. The molecule has 1 saturated heterocycles. The second-order valence-electron chi connectivity index (χ2n) is 14.9. The van der Waals surface area contributed by atoms with Crippen molar-refractivity contribution >= 4 is 22.5 Å². The molecule has 0 bridgehead atoms. The molecule has 0 radical (unpaired) electrons. The van der Waals surface area contributed by atoms with E-state index in [0.717, 1.165) is 55.0 Å². The van der Waals surface area contributed by atoms with Crippen molar-refractivity contribution in [2.24, 2.45) is 0 Å². The number of ether oxygens (including phenoxy) is 2. The Morgan fingerprint density at radius 2 is 1.17 bits per heavy atom. The zero-order valence-corrected chi connectivity index (χ0v) is 28.7. The topological polar surface area (TPSA) is 21.7 Å². The van der Waals surface area contributed by atoms with Crippen LogP contribution in [0.4, 0.5) is 5.69 Å². The molecule has 3 heteroatoms. The number of hydrogen-bond donors (Lipinski definition) is 0. The van der Waals surface area contributed by atoms with E-state index in [1.807, 2.05) is 0 Å². The van der Waals surface area contributed by atoms with Crippen LogP contribution in [0.15, 0.2) is 146 Å². The molecule has 7 aromatic rings. The van der Waals surface area contributed by atoms with Gasteiger partial charge in [-0.05, 0) is 85.7 Å². The molecule has 0 N–H and O–H groups in total. The standard InChI is InChI=1S/C49H35NO2/c1-2-12-33(13-3-1)48(34-20-22-35(23-21-34)50-26-28-51-29-27-50)25-24-39-46-45(36-14-4-5-15-37(36)47(39)52-48)38-16-6-7-17-40(38)49(46)41-18-8-10-31-30-32-11-9-19-42(49)44(32)43(31)41/h1-25H,26-30H2. The van der Waals surface area contributed by atoms with Gasteiger partial charge in [0, 0.05) is 40.9 Å². The maximum Gasteiger partial charge on any atom is 0.178 e. The fourth-order valence-electron chi connectivity index (χ4n) is 10.4. The second-order valence-corrected chi connectivity index (χ2v) is 14.9. The Hall–Kier alpha value is -5.90. The first-order valence-corrected chi connectivity index (χ1v) is 18.6. The third kappa shape index (κ3) is 3.49. The van der Waals surface area contributed by atoms with Crippen LogP contribution in [0.1, 0.15) is 50.1 Å². The molecular formula is C49H35NO2. The Labute approximate surface area is 303 Å². The summed E-state index contributed by atoms with van der Waals surface area (Å²) in [5.41, 5.74) is 17.3. The van der Waals surface area contributed by atoms with Crippen molar-refractivity contribution in [1.82, 2.24) is 0 Å². The molecule has 5 aliphatic rings. The average Bonchev–Trinajstić information content (AvgIpc) is 3.87. The quantitative estimate of drug-likeness (QED) is 0.187. The van der Waals surface area contributed by atoms with E-state index in [4.69, 9.17) is 9.47 Å². The predicted molar refractivity (Wildman–Crippen MR) is 209 cm³/mol. The first-order chi connectivity index (χ1) is 25.8. The number of anilines is 1. The molecular weight excluding hydrogens is 635 g/mol. The highest BCUT2D eigenvalue weighted by atomic mass is 16.5. The molecule has 1 spiro atoms. The van der Waals surface area contributed by atoms with E-state index in [0.29, 0.717) is 0 Å².